The normalized spacial score (nSPS) is 11.3. The van der Waals surface area contributed by atoms with E-state index in [9.17, 15) is 0 Å². The Balaban J connectivity index is 1.57. The van der Waals surface area contributed by atoms with Gasteiger partial charge in [-0.15, -0.1) is 10.2 Å². The SMILES string of the molecule is CCn1c(SCc2cc(C)ccc2[NH2+]OC)nnc1-c1ccc(-n2c(C)ccc2C)cc1. The van der Waals surface area contributed by atoms with Gasteiger partial charge in [0.15, 0.2) is 16.7 Å². The van der Waals surface area contributed by atoms with E-state index in [1.807, 2.05) is 0 Å². The van der Waals surface area contributed by atoms with Crippen molar-refractivity contribution in [2.45, 2.75) is 45.1 Å². The van der Waals surface area contributed by atoms with E-state index in [0.717, 1.165) is 40.2 Å². The second kappa shape index (κ2) is 9.73. The van der Waals surface area contributed by atoms with Crippen LogP contribution in [-0.4, -0.2) is 26.4 Å². The monoisotopic (exact) mass is 448 g/mol. The number of quaternary nitrogens is 1. The van der Waals surface area contributed by atoms with Gasteiger partial charge in [0.1, 0.15) is 0 Å². The molecule has 2 aromatic heterocycles. The molecule has 0 fully saturated rings. The predicted molar refractivity (Wildman–Crippen MR) is 129 cm³/mol. The number of aryl methyl sites for hydroxylation is 3. The van der Waals surface area contributed by atoms with Gasteiger partial charge in [0, 0.05) is 46.6 Å². The van der Waals surface area contributed by atoms with E-state index in [0.29, 0.717) is 0 Å². The molecule has 4 rings (SSSR count). The van der Waals surface area contributed by atoms with Crippen LogP contribution in [0.2, 0.25) is 0 Å². The number of nitrogens with zero attached hydrogens (tertiary/aromatic N) is 4. The molecule has 0 saturated heterocycles. The molecule has 0 saturated carbocycles. The summed E-state index contributed by atoms with van der Waals surface area (Å²) in [5, 5.41) is 9.96. The Bertz CT molecular complexity index is 1190. The standard InChI is InChI=1S/C25H29N5OS/c1-6-29-24(20-10-12-22(13-11-20)30-18(3)8-9-19(30)4)26-27-25(29)32-16-21-15-17(2)7-14-23(21)28-31-5/h7-15,28H,6,16H2,1-5H3/p+1. The maximum atomic E-state index is 5.25. The molecule has 0 aliphatic carbocycles. The summed E-state index contributed by atoms with van der Waals surface area (Å²) in [6.45, 7) is 9.31. The van der Waals surface area contributed by atoms with Crippen LogP contribution in [0.3, 0.4) is 0 Å². The summed E-state index contributed by atoms with van der Waals surface area (Å²) < 4.78 is 4.44. The van der Waals surface area contributed by atoms with Crippen LogP contribution in [0.5, 0.6) is 0 Å². The van der Waals surface area contributed by atoms with Gasteiger partial charge < -0.3 is 9.13 Å². The summed E-state index contributed by atoms with van der Waals surface area (Å²) >= 11 is 1.70. The average Bonchev–Trinajstić information content (AvgIpc) is 3.36. The molecule has 166 valence electrons. The molecule has 2 aromatic carbocycles. The zero-order valence-corrected chi connectivity index (χ0v) is 20.1. The van der Waals surface area contributed by atoms with Gasteiger partial charge in [-0.25, -0.2) is 4.84 Å². The van der Waals surface area contributed by atoms with Crippen LogP contribution in [0.25, 0.3) is 17.1 Å². The molecule has 0 atom stereocenters. The Morgan fingerprint density at radius 1 is 0.938 bits per heavy atom. The van der Waals surface area contributed by atoms with Crippen molar-refractivity contribution >= 4 is 17.4 Å². The molecule has 0 amide bonds. The third-order valence-corrected chi connectivity index (χ3v) is 6.60. The molecule has 0 bridgehead atoms. The minimum absolute atomic E-state index is 0.806. The molecular formula is C25H30N5OS+. The van der Waals surface area contributed by atoms with E-state index in [-0.39, 0.29) is 0 Å². The topological polar surface area (TPSA) is 61.5 Å². The molecule has 6 nitrogen and oxygen atoms in total. The van der Waals surface area contributed by atoms with Gasteiger partial charge in [0.2, 0.25) is 0 Å². The van der Waals surface area contributed by atoms with Gasteiger partial charge in [-0.3, -0.25) is 0 Å². The Morgan fingerprint density at radius 2 is 1.66 bits per heavy atom. The fourth-order valence-corrected chi connectivity index (χ4v) is 4.98. The number of benzene rings is 2. The summed E-state index contributed by atoms with van der Waals surface area (Å²) in [5.74, 6) is 1.70. The minimum atomic E-state index is 0.806. The molecule has 0 aliphatic heterocycles. The van der Waals surface area contributed by atoms with E-state index < -0.39 is 0 Å². The second-order valence-corrected chi connectivity index (χ2v) is 8.84. The fourth-order valence-electron chi connectivity index (χ4n) is 3.97. The van der Waals surface area contributed by atoms with Crippen molar-refractivity contribution < 1.29 is 10.3 Å². The molecule has 2 N–H and O–H groups in total. The first-order valence-corrected chi connectivity index (χ1v) is 11.8. The molecule has 0 radical (unpaired) electrons. The van der Waals surface area contributed by atoms with Crippen LogP contribution in [0, 0.1) is 20.8 Å². The number of hydrogen-bond acceptors (Lipinski definition) is 4. The Hall–Kier alpha value is -2.87. The number of aromatic nitrogens is 4. The lowest BCUT2D eigenvalue weighted by Crippen LogP contribution is -2.76. The predicted octanol–water partition coefficient (Wildman–Crippen LogP) is 4.73. The van der Waals surface area contributed by atoms with E-state index >= 15 is 0 Å². The number of nitrogens with two attached hydrogens (primary N) is 1. The van der Waals surface area contributed by atoms with Crippen molar-refractivity contribution in [3.63, 3.8) is 0 Å². The van der Waals surface area contributed by atoms with Crippen molar-refractivity contribution in [2.24, 2.45) is 0 Å². The third-order valence-electron chi connectivity index (χ3n) is 5.59. The minimum Gasteiger partial charge on any atom is -0.319 e. The fraction of sp³-hybridized carbons (Fsp3) is 0.280. The number of rotatable bonds is 8. The summed E-state index contributed by atoms with van der Waals surface area (Å²) in [6, 6.07) is 19.2. The summed E-state index contributed by atoms with van der Waals surface area (Å²) in [5.41, 5.74) is 10.0. The first kappa shape index (κ1) is 22.3. The van der Waals surface area contributed by atoms with Crippen LogP contribution in [0.4, 0.5) is 5.69 Å². The first-order valence-electron chi connectivity index (χ1n) is 10.8. The van der Waals surface area contributed by atoms with Gasteiger partial charge in [-0.05, 0) is 70.2 Å². The highest BCUT2D eigenvalue weighted by Gasteiger charge is 2.16. The molecule has 4 aromatic rings. The smallest absolute Gasteiger partial charge is 0.191 e. The molecule has 32 heavy (non-hydrogen) atoms. The lowest BCUT2D eigenvalue weighted by molar-refractivity contribution is -0.830. The molecular weight excluding hydrogens is 418 g/mol. The van der Waals surface area contributed by atoms with E-state index in [4.69, 9.17) is 4.84 Å². The quantitative estimate of drug-likeness (QED) is 0.240. The second-order valence-electron chi connectivity index (χ2n) is 7.89. The summed E-state index contributed by atoms with van der Waals surface area (Å²) in [6.07, 6.45) is 0. The highest BCUT2D eigenvalue weighted by atomic mass is 32.2. The lowest BCUT2D eigenvalue weighted by atomic mass is 10.1. The molecule has 7 heteroatoms. The zero-order valence-electron chi connectivity index (χ0n) is 19.3. The van der Waals surface area contributed by atoms with Crippen LogP contribution in [-0.2, 0) is 17.1 Å². The van der Waals surface area contributed by atoms with Crippen molar-refractivity contribution in [1.82, 2.24) is 19.3 Å². The average molecular weight is 449 g/mol. The van der Waals surface area contributed by atoms with Gasteiger partial charge in [0.05, 0.1) is 7.11 Å². The Morgan fingerprint density at radius 3 is 2.31 bits per heavy atom. The highest BCUT2D eigenvalue weighted by molar-refractivity contribution is 7.98. The van der Waals surface area contributed by atoms with Crippen molar-refractivity contribution in [2.75, 3.05) is 7.11 Å². The van der Waals surface area contributed by atoms with Gasteiger partial charge >= 0.3 is 0 Å². The van der Waals surface area contributed by atoms with Crippen LogP contribution in [0.1, 0.15) is 29.4 Å². The Labute approximate surface area is 193 Å². The first-order chi connectivity index (χ1) is 15.5. The number of hydrogen-bond donors (Lipinski definition) is 1. The molecule has 0 unspecified atom stereocenters. The van der Waals surface area contributed by atoms with Crippen molar-refractivity contribution in [3.05, 3.63) is 77.1 Å². The third kappa shape index (κ3) is 4.50. The Kier molecular flexibility index (Phi) is 6.79. The largest absolute Gasteiger partial charge is 0.319 e. The van der Waals surface area contributed by atoms with Crippen molar-refractivity contribution in [1.29, 1.82) is 0 Å². The lowest BCUT2D eigenvalue weighted by Gasteiger charge is -2.11. The van der Waals surface area contributed by atoms with Gasteiger partial charge in [0.25, 0.3) is 0 Å². The maximum Gasteiger partial charge on any atom is 0.191 e. The summed E-state index contributed by atoms with van der Waals surface area (Å²) in [7, 11) is 1.68. The van der Waals surface area contributed by atoms with Crippen LogP contribution >= 0.6 is 11.8 Å². The van der Waals surface area contributed by atoms with E-state index in [1.165, 1.54) is 22.5 Å². The molecule has 0 spiro atoms. The van der Waals surface area contributed by atoms with E-state index in [1.54, 1.807) is 24.4 Å². The molecule has 2 heterocycles. The molecule has 0 aliphatic rings. The van der Waals surface area contributed by atoms with Gasteiger partial charge in [-0.1, -0.05) is 23.4 Å². The van der Waals surface area contributed by atoms with Crippen molar-refractivity contribution in [3.8, 4) is 17.1 Å². The van der Waals surface area contributed by atoms with E-state index in [2.05, 4.69) is 102 Å². The summed E-state index contributed by atoms with van der Waals surface area (Å²) in [4.78, 5) is 5.25. The maximum absolute atomic E-state index is 5.25. The van der Waals surface area contributed by atoms with Crippen LogP contribution in [0.15, 0.2) is 59.8 Å². The van der Waals surface area contributed by atoms with Crippen LogP contribution < -0.4 is 5.48 Å². The zero-order chi connectivity index (χ0) is 22.7. The number of thioether (sulfide) groups is 1. The van der Waals surface area contributed by atoms with Gasteiger partial charge in [-0.2, -0.15) is 5.48 Å². The highest BCUT2D eigenvalue weighted by Crippen LogP contribution is 2.29.